The number of aliphatic hydroxyl groups is 1. The first-order valence-electron chi connectivity index (χ1n) is 9.39. The van der Waals surface area contributed by atoms with Crippen molar-refractivity contribution in [2.45, 2.75) is 53.5 Å². The first-order chi connectivity index (χ1) is 13.0. The molecule has 0 aliphatic heterocycles. The number of halogens is 1. The maximum absolute atomic E-state index is 9.31. The van der Waals surface area contributed by atoms with Crippen LogP contribution in [-0.4, -0.2) is 31.2 Å². The zero-order chi connectivity index (χ0) is 19.6. The van der Waals surface area contributed by atoms with Crippen molar-refractivity contribution in [2.24, 2.45) is 0 Å². The molecule has 0 amide bonds. The van der Waals surface area contributed by atoms with Gasteiger partial charge in [0, 0.05) is 13.2 Å². The van der Waals surface area contributed by atoms with Gasteiger partial charge < -0.3 is 15.0 Å². The lowest BCUT2D eigenvalue weighted by molar-refractivity contribution is 0.281. The molecule has 6 nitrogen and oxygen atoms in total. The number of aryl methyl sites for hydroxylation is 5. The Labute approximate surface area is 164 Å². The summed E-state index contributed by atoms with van der Waals surface area (Å²) in [4.78, 5) is 14.0. The summed E-state index contributed by atoms with van der Waals surface area (Å²) in [6, 6.07) is 4.02. The fourth-order valence-corrected chi connectivity index (χ4v) is 3.47. The summed E-state index contributed by atoms with van der Waals surface area (Å²) in [5, 5.41) is 13.4. The predicted octanol–water partition coefficient (Wildman–Crippen LogP) is 4.35. The van der Waals surface area contributed by atoms with Gasteiger partial charge in [-0.1, -0.05) is 31.5 Å². The van der Waals surface area contributed by atoms with Gasteiger partial charge in [0.05, 0.1) is 27.6 Å². The third-order valence-corrected chi connectivity index (χ3v) is 5.15. The zero-order valence-corrected chi connectivity index (χ0v) is 17.1. The highest BCUT2D eigenvalue weighted by Gasteiger charge is 2.18. The Morgan fingerprint density at radius 3 is 2.33 bits per heavy atom. The first kappa shape index (κ1) is 19.6. The third kappa shape index (κ3) is 3.77. The van der Waals surface area contributed by atoms with Crippen LogP contribution < -0.4 is 5.32 Å². The Morgan fingerprint density at radius 1 is 1.07 bits per heavy atom. The summed E-state index contributed by atoms with van der Waals surface area (Å²) in [7, 11) is 0. The van der Waals surface area contributed by atoms with Crippen LogP contribution >= 0.6 is 11.6 Å². The van der Waals surface area contributed by atoms with Gasteiger partial charge >= 0.3 is 0 Å². The Kier molecular flexibility index (Phi) is 5.97. The molecule has 3 aromatic rings. The van der Waals surface area contributed by atoms with E-state index in [0.717, 1.165) is 52.3 Å². The van der Waals surface area contributed by atoms with Gasteiger partial charge in [0.2, 0.25) is 5.95 Å². The molecule has 0 saturated carbocycles. The van der Waals surface area contributed by atoms with E-state index in [1.807, 2.05) is 26.0 Å². The molecule has 0 radical (unpaired) electrons. The van der Waals surface area contributed by atoms with Crippen LogP contribution in [0.5, 0.6) is 0 Å². The number of aromatic nitrogens is 4. The number of rotatable bonds is 7. The minimum atomic E-state index is 0.118. The molecule has 144 valence electrons. The molecule has 2 heterocycles. The fourth-order valence-electron chi connectivity index (χ4n) is 3.27. The number of nitrogens with zero attached hydrogens (tertiary/aromatic N) is 4. The normalized spacial score (nSPS) is 11.3. The topological polar surface area (TPSA) is 75.9 Å². The van der Waals surface area contributed by atoms with Crippen molar-refractivity contribution in [1.82, 2.24) is 19.5 Å². The molecule has 0 aliphatic rings. The monoisotopic (exact) mass is 387 g/mol. The zero-order valence-electron chi connectivity index (χ0n) is 16.3. The fraction of sp³-hybridized carbons (Fsp3) is 0.450. The molecule has 2 N–H and O–H groups in total. The molecular formula is C20H26ClN5O. The maximum Gasteiger partial charge on any atom is 0.208 e. The summed E-state index contributed by atoms with van der Waals surface area (Å²) in [6.45, 7) is 8.82. The predicted molar refractivity (Wildman–Crippen MR) is 110 cm³/mol. The van der Waals surface area contributed by atoms with Gasteiger partial charge in [-0.15, -0.1) is 0 Å². The smallest absolute Gasteiger partial charge is 0.208 e. The Morgan fingerprint density at radius 2 is 1.74 bits per heavy atom. The number of imidazole rings is 1. The second-order valence-corrected chi connectivity index (χ2v) is 6.98. The van der Waals surface area contributed by atoms with Crippen molar-refractivity contribution in [3.8, 4) is 0 Å². The highest BCUT2D eigenvalue weighted by Crippen LogP contribution is 2.32. The summed E-state index contributed by atoms with van der Waals surface area (Å²) >= 11 is 6.51. The van der Waals surface area contributed by atoms with Crippen molar-refractivity contribution in [2.75, 3.05) is 11.9 Å². The molecule has 7 heteroatoms. The standard InChI is InChI=1S/C20H26ClN5O/c1-5-14-18(15(6-2)23-13(4)22-14)24-20-25-19-16(26(20)10-7-11-27)9-8-12(3)17(19)21/h8-9,27H,5-7,10-11H2,1-4H3,(H,24,25). The van der Waals surface area contributed by atoms with E-state index in [1.165, 1.54) is 0 Å². The second kappa shape index (κ2) is 8.23. The molecule has 0 atom stereocenters. The van der Waals surface area contributed by atoms with Crippen LogP contribution in [0, 0.1) is 13.8 Å². The summed E-state index contributed by atoms with van der Waals surface area (Å²) in [5.74, 6) is 1.48. The number of hydrogen-bond acceptors (Lipinski definition) is 5. The van der Waals surface area contributed by atoms with Crippen LogP contribution in [0.1, 0.15) is 43.0 Å². The van der Waals surface area contributed by atoms with Crippen LogP contribution in [0.15, 0.2) is 12.1 Å². The highest BCUT2D eigenvalue weighted by molar-refractivity contribution is 6.35. The van der Waals surface area contributed by atoms with Gasteiger partial charge in [-0.2, -0.15) is 0 Å². The number of fused-ring (bicyclic) bond motifs is 1. The van der Waals surface area contributed by atoms with E-state index in [-0.39, 0.29) is 6.61 Å². The number of benzene rings is 1. The lowest BCUT2D eigenvalue weighted by atomic mass is 10.2. The molecule has 3 rings (SSSR count). The SMILES string of the molecule is CCc1nc(C)nc(CC)c1Nc1nc2c(Cl)c(C)ccc2n1CCCO. The van der Waals surface area contributed by atoms with Gasteiger partial charge in [0.25, 0.3) is 0 Å². The van der Waals surface area contributed by atoms with Crippen molar-refractivity contribution >= 4 is 34.3 Å². The van der Waals surface area contributed by atoms with E-state index in [0.29, 0.717) is 23.9 Å². The highest BCUT2D eigenvalue weighted by atomic mass is 35.5. The average Bonchev–Trinajstić information content (AvgIpc) is 3.01. The number of hydrogen-bond donors (Lipinski definition) is 2. The van der Waals surface area contributed by atoms with Crippen molar-refractivity contribution < 1.29 is 5.11 Å². The quantitative estimate of drug-likeness (QED) is 0.630. The number of nitrogens with one attached hydrogen (secondary N) is 1. The van der Waals surface area contributed by atoms with Gasteiger partial charge in [-0.25, -0.2) is 15.0 Å². The van der Waals surface area contributed by atoms with Crippen molar-refractivity contribution in [3.05, 3.63) is 39.9 Å². The van der Waals surface area contributed by atoms with Crippen LogP contribution in [0.4, 0.5) is 11.6 Å². The van der Waals surface area contributed by atoms with Crippen LogP contribution in [0.2, 0.25) is 5.02 Å². The average molecular weight is 388 g/mol. The summed E-state index contributed by atoms with van der Waals surface area (Å²) in [6.07, 6.45) is 2.24. The number of anilines is 2. The molecule has 2 aromatic heterocycles. The largest absolute Gasteiger partial charge is 0.396 e. The third-order valence-electron chi connectivity index (χ3n) is 4.67. The Balaban J connectivity index is 2.16. The van der Waals surface area contributed by atoms with Crippen LogP contribution in [0.3, 0.4) is 0 Å². The van der Waals surface area contributed by atoms with Crippen molar-refractivity contribution in [3.63, 3.8) is 0 Å². The molecule has 1 aromatic carbocycles. The van der Waals surface area contributed by atoms with E-state index in [4.69, 9.17) is 16.6 Å². The van der Waals surface area contributed by atoms with Crippen LogP contribution in [-0.2, 0) is 19.4 Å². The Hall–Kier alpha value is -2.18. The molecule has 0 fully saturated rings. The summed E-state index contributed by atoms with van der Waals surface area (Å²) in [5.41, 5.74) is 5.57. The molecule has 0 bridgehead atoms. The van der Waals surface area contributed by atoms with E-state index in [9.17, 15) is 5.11 Å². The van der Waals surface area contributed by atoms with Crippen LogP contribution in [0.25, 0.3) is 11.0 Å². The molecule has 0 spiro atoms. The summed E-state index contributed by atoms with van der Waals surface area (Å²) < 4.78 is 2.07. The first-order valence-corrected chi connectivity index (χ1v) is 9.77. The lowest BCUT2D eigenvalue weighted by Gasteiger charge is -2.16. The van der Waals surface area contributed by atoms with Gasteiger partial charge in [-0.05, 0) is 44.7 Å². The van der Waals surface area contributed by atoms with Crippen molar-refractivity contribution in [1.29, 1.82) is 0 Å². The minimum Gasteiger partial charge on any atom is -0.396 e. The lowest BCUT2D eigenvalue weighted by Crippen LogP contribution is -2.11. The van der Waals surface area contributed by atoms with Gasteiger partial charge in [-0.3, -0.25) is 0 Å². The maximum atomic E-state index is 9.31. The molecule has 0 unspecified atom stereocenters. The van der Waals surface area contributed by atoms with E-state index < -0.39 is 0 Å². The van der Waals surface area contributed by atoms with E-state index >= 15 is 0 Å². The number of aliphatic hydroxyl groups excluding tert-OH is 1. The van der Waals surface area contributed by atoms with Gasteiger partial charge in [0.1, 0.15) is 11.3 Å². The molecule has 0 aliphatic carbocycles. The second-order valence-electron chi connectivity index (χ2n) is 6.60. The molecule has 0 saturated heterocycles. The molecular weight excluding hydrogens is 362 g/mol. The van der Waals surface area contributed by atoms with E-state index in [2.05, 4.69) is 33.7 Å². The minimum absolute atomic E-state index is 0.118. The molecule has 27 heavy (non-hydrogen) atoms. The van der Waals surface area contributed by atoms with Gasteiger partial charge in [0.15, 0.2) is 0 Å². The van der Waals surface area contributed by atoms with E-state index in [1.54, 1.807) is 0 Å². The Bertz CT molecular complexity index is 942.